The molecular weight excluding hydrogens is 170 g/mol. The summed E-state index contributed by atoms with van der Waals surface area (Å²) in [6, 6.07) is 0.664. The topological polar surface area (TPSA) is 3.24 Å². The van der Waals surface area contributed by atoms with E-state index in [0.717, 1.165) is 0 Å². The zero-order valence-electron chi connectivity index (χ0n) is 11.2. The summed E-state index contributed by atoms with van der Waals surface area (Å²) in [6.07, 6.45) is 1.29. The first-order valence-electron chi connectivity index (χ1n) is 5.78. The number of nitrogens with zero attached hydrogens (tertiary/aromatic N) is 1. The first-order valence-corrected chi connectivity index (χ1v) is 5.78. The molecule has 0 radical (unpaired) electrons. The van der Waals surface area contributed by atoms with Gasteiger partial charge in [-0.25, -0.2) is 0 Å². The number of rotatable bonds is 0. The molecule has 1 atom stereocenters. The van der Waals surface area contributed by atoms with Crippen molar-refractivity contribution >= 4 is 0 Å². The molecule has 84 valence electrons. The normalized spacial score (nSPS) is 32.1. The Labute approximate surface area is 89.9 Å². The van der Waals surface area contributed by atoms with Gasteiger partial charge in [-0.2, -0.15) is 0 Å². The Morgan fingerprint density at radius 2 is 1.50 bits per heavy atom. The molecule has 0 aromatic rings. The van der Waals surface area contributed by atoms with E-state index >= 15 is 0 Å². The van der Waals surface area contributed by atoms with Gasteiger partial charge in [0.15, 0.2) is 0 Å². The standard InChI is InChI=1S/C13H27N/c1-10-12(5,6)9-13(7,8)14(10)11(2,3)4/h10H,9H2,1-8H3/t10-/m0/s1. The van der Waals surface area contributed by atoms with Gasteiger partial charge in [-0.3, -0.25) is 4.90 Å². The average Bonchev–Trinajstić information content (AvgIpc) is 1.93. The molecule has 0 amide bonds. The van der Waals surface area contributed by atoms with Crippen LogP contribution >= 0.6 is 0 Å². The fraction of sp³-hybridized carbons (Fsp3) is 1.00. The quantitative estimate of drug-likeness (QED) is 0.572. The van der Waals surface area contributed by atoms with E-state index < -0.39 is 0 Å². The van der Waals surface area contributed by atoms with Crippen LogP contribution in [0.1, 0.15) is 61.8 Å². The molecule has 1 aliphatic heterocycles. The predicted molar refractivity (Wildman–Crippen MR) is 63.5 cm³/mol. The summed E-state index contributed by atoms with van der Waals surface area (Å²) in [5.74, 6) is 0. The Morgan fingerprint density at radius 1 is 1.07 bits per heavy atom. The molecule has 14 heavy (non-hydrogen) atoms. The van der Waals surface area contributed by atoms with Crippen molar-refractivity contribution in [3.05, 3.63) is 0 Å². The average molecular weight is 197 g/mol. The minimum atomic E-state index is 0.274. The van der Waals surface area contributed by atoms with E-state index in [4.69, 9.17) is 0 Å². The summed E-state index contributed by atoms with van der Waals surface area (Å²) >= 11 is 0. The Balaban J connectivity index is 3.06. The molecule has 1 fully saturated rings. The molecule has 1 aliphatic rings. The van der Waals surface area contributed by atoms with Gasteiger partial charge in [-0.05, 0) is 53.4 Å². The van der Waals surface area contributed by atoms with E-state index in [9.17, 15) is 0 Å². The van der Waals surface area contributed by atoms with E-state index in [1.54, 1.807) is 0 Å². The summed E-state index contributed by atoms with van der Waals surface area (Å²) in [5, 5.41) is 0. The smallest absolute Gasteiger partial charge is 0.0167 e. The van der Waals surface area contributed by atoms with Crippen LogP contribution in [-0.2, 0) is 0 Å². The third kappa shape index (κ3) is 1.84. The van der Waals surface area contributed by atoms with E-state index in [2.05, 4.69) is 60.3 Å². The summed E-state index contributed by atoms with van der Waals surface area (Å²) in [5.41, 5.74) is 1.05. The zero-order chi connectivity index (χ0) is 11.4. The highest BCUT2D eigenvalue weighted by Crippen LogP contribution is 2.48. The van der Waals surface area contributed by atoms with Gasteiger partial charge in [-0.15, -0.1) is 0 Å². The minimum absolute atomic E-state index is 0.274. The number of likely N-dealkylation sites (tertiary alicyclic amines) is 1. The van der Waals surface area contributed by atoms with Crippen LogP contribution in [0.2, 0.25) is 0 Å². The summed E-state index contributed by atoms with van der Waals surface area (Å²) < 4.78 is 0. The van der Waals surface area contributed by atoms with Crippen molar-refractivity contribution in [2.24, 2.45) is 5.41 Å². The molecule has 0 unspecified atom stereocenters. The van der Waals surface area contributed by atoms with Crippen LogP contribution in [0.4, 0.5) is 0 Å². The highest BCUT2D eigenvalue weighted by molar-refractivity contribution is 5.06. The Morgan fingerprint density at radius 3 is 1.64 bits per heavy atom. The first kappa shape index (κ1) is 12.0. The molecule has 0 spiro atoms. The van der Waals surface area contributed by atoms with Crippen molar-refractivity contribution in [3.63, 3.8) is 0 Å². The van der Waals surface area contributed by atoms with Gasteiger partial charge in [0.25, 0.3) is 0 Å². The van der Waals surface area contributed by atoms with E-state index in [1.165, 1.54) is 6.42 Å². The van der Waals surface area contributed by atoms with E-state index in [0.29, 0.717) is 17.0 Å². The van der Waals surface area contributed by atoms with Gasteiger partial charge < -0.3 is 0 Å². The Hall–Kier alpha value is -0.0400. The maximum absolute atomic E-state index is 2.68. The van der Waals surface area contributed by atoms with Crippen LogP contribution in [0.25, 0.3) is 0 Å². The van der Waals surface area contributed by atoms with Gasteiger partial charge in [0, 0.05) is 17.1 Å². The molecule has 0 aromatic heterocycles. The van der Waals surface area contributed by atoms with E-state index in [-0.39, 0.29) is 5.54 Å². The van der Waals surface area contributed by atoms with Crippen molar-refractivity contribution in [3.8, 4) is 0 Å². The fourth-order valence-electron chi connectivity index (χ4n) is 3.71. The van der Waals surface area contributed by atoms with Gasteiger partial charge in [0.1, 0.15) is 0 Å². The van der Waals surface area contributed by atoms with Crippen LogP contribution in [0.3, 0.4) is 0 Å². The molecule has 1 heterocycles. The molecular formula is C13H27N. The first-order chi connectivity index (χ1) is 5.98. The molecule has 0 aromatic carbocycles. The molecule has 1 heteroatoms. The highest BCUT2D eigenvalue weighted by Gasteiger charge is 2.51. The minimum Gasteiger partial charge on any atom is -0.290 e. The summed E-state index contributed by atoms with van der Waals surface area (Å²) in [4.78, 5) is 2.68. The number of hydrogen-bond acceptors (Lipinski definition) is 1. The molecule has 0 aliphatic carbocycles. The second kappa shape index (κ2) is 2.98. The van der Waals surface area contributed by atoms with Crippen LogP contribution in [-0.4, -0.2) is 22.0 Å². The van der Waals surface area contributed by atoms with Crippen molar-refractivity contribution in [1.29, 1.82) is 0 Å². The van der Waals surface area contributed by atoms with Crippen LogP contribution in [0.15, 0.2) is 0 Å². The zero-order valence-corrected chi connectivity index (χ0v) is 11.2. The highest BCUT2D eigenvalue weighted by atomic mass is 15.3. The molecule has 1 saturated heterocycles. The predicted octanol–water partition coefficient (Wildman–Crippen LogP) is 3.68. The lowest BCUT2D eigenvalue weighted by molar-refractivity contribution is 0.0270. The van der Waals surface area contributed by atoms with Crippen LogP contribution in [0.5, 0.6) is 0 Å². The molecule has 0 N–H and O–H groups in total. The Bertz CT molecular complexity index is 220. The van der Waals surface area contributed by atoms with Gasteiger partial charge >= 0.3 is 0 Å². The monoisotopic (exact) mass is 197 g/mol. The van der Waals surface area contributed by atoms with Crippen LogP contribution in [0, 0.1) is 5.41 Å². The lowest BCUT2D eigenvalue weighted by Crippen LogP contribution is -2.53. The van der Waals surface area contributed by atoms with Crippen molar-refractivity contribution in [2.45, 2.75) is 78.9 Å². The van der Waals surface area contributed by atoms with Gasteiger partial charge in [0.2, 0.25) is 0 Å². The molecule has 0 bridgehead atoms. The SMILES string of the molecule is C[C@@H]1N(C(C)(C)C)C(C)(C)CC1(C)C. The lowest BCUT2D eigenvalue weighted by Gasteiger charge is -2.45. The maximum Gasteiger partial charge on any atom is 0.0167 e. The maximum atomic E-state index is 2.68. The largest absolute Gasteiger partial charge is 0.290 e. The van der Waals surface area contributed by atoms with Gasteiger partial charge in [-0.1, -0.05) is 13.8 Å². The van der Waals surface area contributed by atoms with Crippen molar-refractivity contribution < 1.29 is 0 Å². The lowest BCUT2D eigenvalue weighted by atomic mass is 9.82. The summed E-state index contributed by atoms with van der Waals surface area (Å²) in [7, 11) is 0. The summed E-state index contributed by atoms with van der Waals surface area (Å²) in [6.45, 7) is 18.9. The Kier molecular flexibility index (Phi) is 2.56. The molecule has 1 rings (SSSR count). The second-order valence-corrected chi connectivity index (χ2v) is 7.19. The molecule has 1 nitrogen and oxygen atoms in total. The van der Waals surface area contributed by atoms with E-state index in [1.807, 2.05) is 0 Å². The van der Waals surface area contributed by atoms with Crippen molar-refractivity contribution in [2.75, 3.05) is 0 Å². The second-order valence-electron chi connectivity index (χ2n) is 7.19. The van der Waals surface area contributed by atoms with Crippen molar-refractivity contribution in [1.82, 2.24) is 4.90 Å². The van der Waals surface area contributed by atoms with Crippen LogP contribution < -0.4 is 0 Å². The number of hydrogen-bond donors (Lipinski definition) is 0. The third-order valence-electron chi connectivity index (χ3n) is 3.78. The van der Waals surface area contributed by atoms with Gasteiger partial charge in [0.05, 0.1) is 0 Å². The third-order valence-corrected chi connectivity index (χ3v) is 3.78. The fourth-order valence-corrected chi connectivity index (χ4v) is 3.71. The molecule has 0 saturated carbocycles.